The average Bonchev–Trinajstić information content (AvgIpc) is 1.82. The Morgan fingerprint density at radius 2 is 2.09 bits per heavy atom. The van der Waals surface area contributed by atoms with E-state index in [9.17, 15) is 9.59 Å². The van der Waals surface area contributed by atoms with Crippen molar-refractivity contribution in [3.63, 3.8) is 0 Å². The van der Waals surface area contributed by atoms with Gasteiger partial charge in [0.25, 0.3) is 5.56 Å². The molecule has 0 aliphatic heterocycles. The Balaban J connectivity index is 0.000001000. The van der Waals surface area contributed by atoms with E-state index in [1.807, 2.05) is 0 Å². The maximum atomic E-state index is 10.7. The van der Waals surface area contributed by atoms with Crippen LogP contribution in [0.15, 0.2) is 15.7 Å². The van der Waals surface area contributed by atoms with Crippen LogP contribution in [-0.2, 0) is 26.5 Å². The minimum absolute atomic E-state index is 0. The molecule has 0 aromatic carbocycles. The van der Waals surface area contributed by atoms with Crippen LogP contribution in [0.2, 0.25) is 0 Å². The zero-order chi connectivity index (χ0) is 7.72. The van der Waals surface area contributed by atoms with E-state index < -0.39 is 11.2 Å². The Hall–Kier alpha value is -0.897. The van der Waals surface area contributed by atoms with Crippen molar-refractivity contribution in [2.75, 3.05) is 5.73 Å². The van der Waals surface area contributed by atoms with Gasteiger partial charge in [-0.1, -0.05) is 0 Å². The number of aromatic nitrogens is 2. The normalized spacial score (nSPS) is 8.82. The first-order valence-electron chi connectivity index (χ1n) is 2.67. The molecule has 0 fully saturated rings. The van der Waals surface area contributed by atoms with Gasteiger partial charge in [-0.15, -0.1) is 0 Å². The van der Waals surface area contributed by atoms with Crippen molar-refractivity contribution in [1.29, 1.82) is 0 Å². The van der Waals surface area contributed by atoms with Gasteiger partial charge in [0.1, 0.15) is 5.82 Å². The van der Waals surface area contributed by atoms with Crippen LogP contribution in [0.1, 0.15) is 0 Å². The quantitative estimate of drug-likeness (QED) is 0.515. The summed E-state index contributed by atoms with van der Waals surface area (Å²) in [5, 5.41) is 0. The molecule has 0 amide bonds. The van der Waals surface area contributed by atoms with Crippen molar-refractivity contribution in [2.45, 2.75) is 0 Å². The molecule has 0 unspecified atom stereocenters. The number of nitrogens with zero attached hydrogens (tertiary/aromatic N) is 1. The Bertz CT molecular complexity index is 322. The SMILES string of the molecule is Cn1c(=O)cc(N)[nH]c1=O.[Zn]. The van der Waals surface area contributed by atoms with Crippen molar-refractivity contribution in [3.8, 4) is 0 Å². The summed E-state index contributed by atoms with van der Waals surface area (Å²) in [6, 6.07) is 1.15. The summed E-state index contributed by atoms with van der Waals surface area (Å²) in [6.07, 6.45) is 0. The van der Waals surface area contributed by atoms with Crippen molar-refractivity contribution in [1.82, 2.24) is 9.55 Å². The van der Waals surface area contributed by atoms with Gasteiger partial charge in [0.05, 0.1) is 0 Å². The van der Waals surface area contributed by atoms with Gasteiger partial charge in [0, 0.05) is 32.6 Å². The van der Waals surface area contributed by atoms with E-state index in [-0.39, 0.29) is 25.3 Å². The van der Waals surface area contributed by atoms with Crippen molar-refractivity contribution >= 4 is 5.82 Å². The van der Waals surface area contributed by atoms with Crippen molar-refractivity contribution in [2.24, 2.45) is 7.05 Å². The molecule has 3 N–H and O–H groups in total. The van der Waals surface area contributed by atoms with Gasteiger partial charge in [0.2, 0.25) is 0 Å². The third kappa shape index (κ3) is 2.01. The predicted octanol–water partition coefficient (Wildman–Crippen LogP) is -1.35. The van der Waals surface area contributed by atoms with Gasteiger partial charge in [-0.2, -0.15) is 0 Å². The monoisotopic (exact) mass is 205 g/mol. The summed E-state index contributed by atoms with van der Waals surface area (Å²) in [6.45, 7) is 0. The number of rotatable bonds is 0. The van der Waals surface area contributed by atoms with Gasteiger partial charge in [0.15, 0.2) is 0 Å². The molecule has 6 heteroatoms. The second-order valence-corrected chi connectivity index (χ2v) is 1.93. The van der Waals surface area contributed by atoms with E-state index in [2.05, 4.69) is 4.98 Å². The Kier molecular flexibility index (Phi) is 3.20. The van der Waals surface area contributed by atoms with E-state index in [0.717, 1.165) is 10.6 Å². The molecule has 11 heavy (non-hydrogen) atoms. The number of nitrogen functional groups attached to an aromatic ring is 1. The largest absolute Gasteiger partial charge is 0.385 e. The molecule has 0 radical (unpaired) electrons. The van der Waals surface area contributed by atoms with Crippen LogP contribution in [0.4, 0.5) is 5.82 Å². The Labute approximate surface area is 75.0 Å². The maximum Gasteiger partial charge on any atom is 0.329 e. The number of H-pyrrole nitrogens is 1. The van der Waals surface area contributed by atoms with Crippen LogP contribution in [0, 0.1) is 0 Å². The van der Waals surface area contributed by atoms with E-state index >= 15 is 0 Å². The molecule has 0 saturated heterocycles. The summed E-state index contributed by atoms with van der Waals surface area (Å²) in [7, 11) is 1.38. The molecule has 0 aliphatic carbocycles. The molecule has 0 atom stereocenters. The zero-order valence-corrected chi connectivity index (χ0v) is 9.09. The molecule has 1 rings (SSSR count). The van der Waals surface area contributed by atoms with Crippen LogP contribution in [0.5, 0.6) is 0 Å². The molecule has 5 nitrogen and oxygen atoms in total. The van der Waals surface area contributed by atoms with Crippen LogP contribution < -0.4 is 17.0 Å². The third-order valence-corrected chi connectivity index (χ3v) is 1.17. The zero-order valence-electron chi connectivity index (χ0n) is 6.13. The third-order valence-electron chi connectivity index (χ3n) is 1.17. The first kappa shape index (κ1) is 10.1. The number of nitrogens with two attached hydrogens (primary N) is 1. The van der Waals surface area contributed by atoms with Crippen molar-refractivity contribution < 1.29 is 19.5 Å². The summed E-state index contributed by atoms with van der Waals surface area (Å²) in [4.78, 5) is 23.7. The maximum absolute atomic E-state index is 10.7. The van der Waals surface area contributed by atoms with Gasteiger partial charge in [-0.05, 0) is 0 Å². The molecule has 0 spiro atoms. The minimum Gasteiger partial charge on any atom is -0.385 e. The van der Waals surface area contributed by atoms with Gasteiger partial charge in [-0.3, -0.25) is 14.3 Å². The van der Waals surface area contributed by atoms with Crippen LogP contribution in [-0.4, -0.2) is 9.55 Å². The summed E-state index contributed by atoms with van der Waals surface area (Å²) >= 11 is 0. The number of hydrogen-bond acceptors (Lipinski definition) is 3. The summed E-state index contributed by atoms with van der Waals surface area (Å²) in [5.74, 6) is 0.0908. The first-order chi connectivity index (χ1) is 4.61. The summed E-state index contributed by atoms with van der Waals surface area (Å²) in [5.41, 5.74) is 4.26. The van der Waals surface area contributed by atoms with Gasteiger partial charge < -0.3 is 5.73 Å². The Morgan fingerprint density at radius 1 is 1.55 bits per heavy atom. The van der Waals surface area contributed by atoms with Crippen molar-refractivity contribution in [3.05, 3.63) is 26.9 Å². The molecule has 0 saturated carbocycles. The van der Waals surface area contributed by atoms with E-state index in [1.165, 1.54) is 7.05 Å². The van der Waals surface area contributed by atoms with Gasteiger partial charge in [-0.25, -0.2) is 4.79 Å². The fourth-order valence-electron chi connectivity index (χ4n) is 0.573. The summed E-state index contributed by atoms with van der Waals surface area (Å²) < 4.78 is 0.941. The second-order valence-electron chi connectivity index (χ2n) is 1.93. The topological polar surface area (TPSA) is 80.9 Å². The number of hydrogen-bond donors (Lipinski definition) is 2. The van der Waals surface area contributed by atoms with E-state index in [1.54, 1.807) is 0 Å². The standard InChI is InChI=1S/C5H7N3O2.Zn/c1-8-4(9)2-3(6)7-5(8)10;/h2H,6H2,1H3,(H,7,10);. The van der Waals surface area contributed by atoms with Crippen LogP contribution in [0.25, 0.3) is 0 Å². The molecule has 1 aromatic heterocycles. The predicted molar refractivity (Wildman–Crippen MR) is 36.7 cm³/mol. The van der Waals surface area contributed by atoms with E-state index in [0.29, 0.717) is 0 Å². The molecule has 0 bridgehead atoms. The molecular weight excluding hydrogens is 199 g/mol. The number of anilines is 1. The second kappa shape index (κ2) is 3.48. The fourth-order valence-corrected chi connectivity index (χ4v) is 0.573. The molecule has 1 heterocycles. The Morgan fingerprint density at radius 3 is 2.55 bits per heavy atom. The molecule has 0 aliphatic rings. The first-order valence-corrected chi connectivity index (χ1v) is 2.67. The average molecular weight is 207 g/mol. The number of nitrogens with one attached hydrogen (secondary N) is 1. The fraction of sp³-hybridized carbons (Fsp3) is 0.200. The number of aromatic amines is 1. The molecular formula is C5H7N3O2Zn. The van der Waals surface area contributed by atoms with Crippen LogP contribution in [0.3, 0.4) is 0 Å². The van der Waals surface area contributed by atoms with Crippen LogP contribution >= 0.6 is 0 Å². The molecule has 56 valence electrons. The minimum atomic E-state index is -0.495. The van der Waals surface area contributed by atoms with E-state index in [4.69, 9.17) is 5.73 Å². The smallest absolute Gasteiger partial charge is 0.329 e. The molecule has 1 aromatic rings. The van der Waals surface area contributed by atoms with Gasteiger partial charge >= 0.3 is 5.69 Å².